The zero-order valence-corrected chi connectivity index (χ0v) is 19.1. The van der Waals surface area contributed by atoms with Crippen molar-refractivity contribution in [2.24, 2.45) is 0 Å². The highest BCUT2D eigenvalue weighted by atomic mass is 79.9. The molecule has 0 atom stereocenters. The molecule has 3 aromatic carbocycles. The molecular formula is C22H17Br2NO2S. The quantitative estimate of drug-likeness (QED) is 0.265. The summed E-state index contributed by atoms with van der Waals surface area (Å²) in [6.45, 7) is 2.98. The second-order valence-corrected chi connectivity index (χ2v) is 8.69. The summed E-state index contributed by atoms with van der Waals surface area (Å²) in [4.78, 5) is 4.78. The molecule has 0 aliphatic rings. The van der Waals surface area contributed by atoms with Crippen LogP contribution >= 0.6 is 43.2 Å². The molecule has 1 aromatic heterocycles. The fraction of sp³-hybridized carbons (Fsp3) is 0.136. The Bertz CT molecular complexity index is 1080. The van der Waals surface area contributed by atoms with Gasteiger partial charge in [0.15, 0.2) is 11.5 Å². The standard InChI is InChI=1S/C22H17Br2NO2S/c1-2-26-17-12-15(22-25-16-10-6-7-11-18(16)28-22)19(23)20(24)21(17)27-13-14-8-4-3-5-9-14/h3-12H,2,13H2,1H3. The second kappa shape index (κ2) is 8.64. The number of nitrogens with zero attached hydrogens (tertiary/aromatic N) is 1. The van der Waals surface area contributed by atoms with Crippen molar-refractivity contribution in [2.45, 2.75) is 13.5 Å². The minimum Gasteiger partial charge on any atom is -0.490 e. The van der Waals surface area contributed by atoms with Crippen LogP contribution in [0.1, 0.15) is 12.5 Å². The Labute approximate surface area is 184 Å². The van der Waals surface area contributed by atoms with Gasteiger partial charge >= 0.3 is 0 Å². The second-order valence-electron chi connectivity index (χ2n) is 6.07. The average molecular weight is 519 g/mol. The van der Waals surface area contributed by atoms with E-state index in [0.717, 1.165) is 35.3 Å². The van der Waals surface area contributed by atoms with Crippen LogP contribution in [0.5, 0.6) is 11.5 Å². The highest BCUT2D eigenvalue weighted by Gasteiger charge is 2.20. The molecule has 0 saturated heterocycles. The highest BCUT2D eigenvalue weighted by molar-refractivity contribution is 9.13. The SMILES string of the molecule is CCOc1cc(-c2nc3ccccc3s2)c(Br)c(Br)c1OCc1ccccc1. The Morgan fingerprint density at radius 1 is 0.929 bits per heavy atom. The molecule has 4 rings (SSSR count). The summed E-state index contributed by atoms with van der Waals surface area (Å²) in [5.41, 5.74) is 3.07. The third-order valence-corrected chi connectivity index (χ3v) is 7.36. The lowest BCUT2D eigenvalue weighted by Gasteiger charge is -2.17. The first kappa shape index (κ1) is 19.4. The number of thiazole rings is 1. The number of hydrogen-bond acceptors (Lipinski definition) is 4. The van der Waals surface area contributed by atoms with Crippen LogP contribution in [-0.2, 0) is 6.61 Å². The molecule has 0 unspecified atom stereocenters. The predicted octanol–water partition coefficient (Wildman–Crippen LogP) is 7.47. The van der Waals surface area contributed by atoms with E-state index in [1.807, 2.05) is 61.5 Å². The molecule has 0 fully saturated rings. The van der Waals surface area contributed by atoms with Crippen LogP contribution in [-0.4, -0.2) is 11.6 Å². The van der Waals surface area contributed by atoms with E-state index >= 15 is 0 Å². The van der Waals surface area contributed by atoms with Crippen LogP contribution < -0.4 is 9.47 Å². The molecular weight excluding hydrogens is 502 g/mol. The monoisotopic (exact) mass is 517 g/mol. The van der Waals surface area contributed by atoms with Gasteiger partial charge in [0.2, 0.25) is 0 Å². The van der Waals surface area contributed by atoms with E-state index in [0.29, 0.717) is 24.7 Å². The van der Waals surface area contributed by atoms with Gasteiger partial charge < -0.3 is 9.47 Å². The van der Waals surface area contributed by atoms with Crippen molar-refractivity contribution in [3.8, 4) is 22.1 Å². The maximum atomic E-state index is 6.12. The Kier molecular flexibility index (Phi) is 5.99. The number of para-hydroxylation sites is 1. The fourth-order valence-corrected chi connectivity index (χ4v) is 4.98. The normalized spacial score (nSPS) is 11.0. The summed E-state index contributed by atoms with van der Waals surface area (Å²) >= 11 is 9.07. The van der Waals surface area contributed by atoms with Crippen LogP contribution in [0.3, 0.4) is 0 Å². The lowest BCUT2D eigenvalue weighted by Crippen LogP contribution is -2.01. The van der Waals surface area contributed by atoms with Crippen LogP contribution in [0.4, 0.5) is 0 Å². The Hall–Kier alpha value is -1.89. The summed E-state index contributed by atoms with van der Waals surface area (Å²) in [6.07, 6.45) is 0. The molecule has 0 bridgehead atoms. The van der Waals surface area contributed by atoms with Gasteiger partial charge in [-0.15, -0.1) is 11.3 Å². The maximum absolute atomic E-state index is 6.12. The van der Waals surface area contributed by atoms with E-state index < -0.39 is 0 Å². The zero-order valence-electron chi connectivity index (χ0n) is 15.1. The summed E-state index contributed by atoms with van der Waals surface area (Å²) in [5, 5.41) is 0.935. The third kappa shape index (κ3) is 3.95. The Morgan fingerprint density at radius 2 is 1.68 bits per heavy atom. The molecule has 0 saturated carbocycles. The number of ether oxygens (including phenoxy) is 2. The Morgan fingerprint density at radius 3 is 2.43 bits per heavy atom. The van der Waals surface area contributed by atoms with Gasteiger partial charge in [0.25, 0.3) is 0 Å². The molecule has 142 valence electrons. The number of hydrogen-bond donors (Lipinski definition) is 0. The van der Waals surface area contributed by atoms with Gasteiger partial charge in [-0.3, -0.25) is 0 Å². The third-order valence-electron chi connectivity index (χ3n) is 4.18. The molecule has 0 aliphatic carbocycles. The van der Waals surface area contributed by atoms with Crippen LogP contribution in [0.2, 0.25) is 0 Å². The lowest BCUT2D eigenvalue weighted by molar-refractivity contribution is 0.267. The minimum atomic E-state index is 0.465. The highest BCUT2D eigenvalue weighted by Crippen LogP contribution is 2.47. The van der Waals surface area contributed by atoms with Gasteiger partial charge in [-0.1, -0.05) is 42.5 Å². The Balaban J connectivity index is 1.74. The summed E-state index contributed by atoms with van der Waals surface area (Å²) in [5.74, 6) is 1.38. The fourth-order valence-electron chi connectivity index (χ4n) is 2.86. The topological polar surface area (TPSA) is 31.4 Å². The van der Waals surface area contributed by atoms with Crippen molar-refractivity contribution in [1.29, 1.82) is 0 Å². The summed E-state index contributed by atoms with van der Waals surface area (Å²) in [6, 6.07) is 20.2. The van der Waals surface area contributed by atoms with Crippen molar-refractivity contribution < 1.29 is 9.47 Å². The number of rotatable bonds is 6. The number of aromatic nitrogens is 1. The zero-order chi connectivity index (χ0) is 19.5. The average Bonchev–Trinajstić information content (AvgIpc) is 3.15. The summed E-state index contributed by atoms with van der Waals surface area (Å²) < 4.78 is 14.9. The lowest BCUT2D eigenvalue weighted by atomic mass is 10.2. The number of halogens is 2. The van der Waals surface area contributed by atoms with Gasteiger partial charge in [0.1, 0.15) is 11.6 Å². The largest absolute Gasteiger partial charge is 0.490 e. The molecule has 4 aromatic rings. The molecule has 28 heavy (non-hydrogen) atoms. The van der Waals surface area contributed by atoms with E-state index in [2.05, 4.69) is 37.9 Å². The molecule has 0 aliphatic heterocycles. The van der Waals surface area contributed by atoms with Crippen molar-refractivity contribution in [1.82, 2.24) is 4.98 Å². The van der Waals surface area contributed by atoms with Gasteiger partial charge in [-0.25, -0.2) is 4.98 Å². The van der Waals surface area contributed by atoms with E-state index in [1.165, 1.54) is 0 Å². The predicted molar refractivity (Wildman–Crippen MR) is 122 cm³/mol. The molecule has 0 spiro atoms. The molecule has 0 radical (unpaired) electrons. The van der Waals surface area contributed by atoms with E-state index in [4.69, 9.17) is 14.5 Å². The molecule has 0 N–H and O–H groups in total. The van der Waals surface area contributed by atoms with Gasteiger partial charge in [0.05, 0.1) is 21.3 Å². The van der Waals surface area contributed by atoms with Gasteiger partial charge in [-0.05, 0) is 62.5 Å². The molecule has 3 nitrogen and oxygen atoms in total. The van der Waals surface area contributed by atoms with Gasteiger partial charge in [0, 0.05) is 10.0 Å². The molecule has 0 amide bonds. The summed E-state index contributed by atoms with van der Waals surface area (Å²) in [7, 11) is 0. The first-order valence-corrected chi connectivity index (χ1v) is 11.2. The number of benzene rings is 3. The van der Waals surface area contributed by atoms with Crippen molar-refractivity contribution in [3.63, 3.8) is 0 Å². The minimum absolute atomic E-state index is 0.465. The van der Waals surface area contributed by atoms with E-state index in [-0.39, 0.29) is 0 Å². The molecule has 1 heterocycles. The van der Waals surface area contributed by atoms with Crippen molar-refractivity contribution in [2.75, 3.05) is 6.61 Å². The maximum Gasteiger partial charge on any atom is 0.177 e. The van der Waals surface area contributed by atoms with E-state index in [1.54, 1.807) is 11.3 Å². The van der Waals surface area contributed by atoms with Crippen molar-refractivity contribution in [3.05, 3.63) is 75.2 Å². The first-order chi connectivity index (χ1) is 13.7. The van der Waals surface area contributed by atoms with E-state index in [9.17, 15) is 0 Å². The molecule has 6 heteroatoms. The number of fused-ring (bicyclic) bond motifs is 1. The van der Waals surface area contributed by atoms with Crippen molar-refractivity contribution >= 4 is 53.4 Å². The smallest absolute Gasteiger partial charge is 0.177 e. The first-order valence-electron chi connectivity index (χ1n) is 8.85. The van der Waals surface area contributed by atoms with Gasteiger partial charge in [-0.2, -0.15) is 0 Å². The van der Waals surface area contributed by atoms with Crippen LogP contribution in [0, 0.1) is 0 Å². The van der Waals surface area contributed by atoms with Crippen LogP contribution in [0.25, 0.3) is 20.8 Å². The van der Waals surface area contributed by atoms with Crippen LogP contribution in [0.15, 0.2) is 69.6 Å².